The number of aliphatic hydroxyl groups excluding tert-OH is 1. The average Bonchev–Trinajstić information content (AvgIpc) is 2.93. The van der Waals surface area contributed by atoms with Crippen molar-refractivity contribution in [1.29, 1.82) is 0 Å². The van der Waals surface area contributed by atoms with Crippen molar-refractivity contribution in [3.63, 3.8) is 0 Å². The van der Waals surface area contributed by atoms with Crippen molar-refractivity contribution in [2.24, 2.45) is 11.8 Å². The van der Waals surface area contributed by atoms with Gasteiger partial charge in [0.25, 0.3) is 0 Å². The molecule has 227 valence electrons. The van der Waals surface area contributed by atoms with Gasteiger partial charge in [-0.15, -0.1) is 29.1 Å². The van der Waals surface area contributed by atoms with Crippen LogP contribution in [0.1, 0.15) is 92.6 Å². The van der Waals surface area contributed by atoms with Crippen molar-refractivity contribution >= 4 is 24.6 Å². The number of carbonyl (C=O) groups excluding carboxylic acids is 1. The van der Waals surface area contributed by atoms with Gasteiger partial charge in [-0.1, -0.05) is 102 Å². The predicted molar refractivity (Wildman–Crippen MR) is 176 cm³/mol. The van der Waals surface area contributed by atoms with Crippen LogP contribution in [0.25, 0.3) is 22.0 Å². The minimum Gasteiger partial charge on any atom is -0.512 e. The zero-order chi connectivity index (χ0) is 31.8. The van der Waals surface area contributed by atoms with Crippen molar-refractivity contribution in [3.05, 3.63) is 77.2 Å². The summed E-state index contributed by atoms with van der Waals surface area (Å²) < 4.78 is 17.5. The Hall–Kier alpha value is -2.07. The zero-order valence-corrected chi connectivity index (χ0v) is 30.2. The van der Waals surface area contributed by atoms with E-state index in [0.717, 1.165) is 53.5 Å². The van der Waals surface area contributed by atoms with E-state index in [1.807, 2.05) is 46.8 Å². The molecule has 1 aromatic heterocycles. The fourth-order valence-corrected chi connectivity index (χ4v) is 5.94. The number of ketones is 1. The topological polar surface area (TPSA) is 50.2 Å². The Morgan fingerprint density at radius 3 is 2.15 bits per heavy atom. The van der Waals surface area contributed by atoms with Gasteiger partial charge in [0, 0.05) is 60.7 Å². The van der Waals surface area contributed by atoms with Crippen LogP contribution in [0.2, 0.25) is 19.6 Å². The predicted octanol–water partition coefficient (Wildman–Crippen LogP) is 10.4. The van der Waals surface area contributed by atoms with Gasteiger partial charge < -0.3 is 5.11 Å². The van der Waals surface area contributed by atoms with Crippen LogP contribution in [-0.2, 0) is 30.9 Å². The summed E-state index contributed by atoms with van der Waals surface area (Å²) in [6.45, 7) is 20.6. The van der Waals surface area contributed by atoms with Crippen LogP contribution in [-0.4, -0.2) is 23.9 Å². The Morgan fingerprint density at radius 2 is 1.61 bits per heavy atom. The maximum absolute atomic E-state index is 11.7. The summed E-state index contributed by atoms with van der Waals surface area (Å²) in [6, 6.07) is 15.9. The molecule has 0 fully saturated rings. The summed E-state index contributed by atoms with van der Waals surface area (Å²) in [5.74, 6) is -0.375. The number of pyridine rings is 1. The minimum absolute atomic E-state index is 0. The average molecular weight is 753 g/mol. The van der Waals surface area contributed by atoms with Crippen LogP contribution in [0.5, 0.6) is 0 Å². The molecule has 0 saturated carbocycles. The van der Waals surface area contributed by atoms with Crippen LogP contribution < -0.4 is 0 Å². The minimum atomic E-state index is -2.06. The number of carbonyl (C=O) groups is 1. The van der Waals surface area contributed by atoms with Gasteiger partial charge in [-0.2, -0.15) is 0 Å². The molecule has 0 aliphatic carbocycles. The normalized spacial score (nSPS) is 13.0. The number of hydrogen-bond acceptors (Lipinski definition) is 3. The van der Waals surface area contributed by atoms with E-state index in [2.05, 4.69) is 68.8 Å². The van der Waals surface area contributed by atoms with Gasteiger partial charge in [-0.05, 0) is 50.1 Å². The number of benzene rings is 2. The van der Waals surface area contributed by atoms with E-state index in [9.17, 15) is 9.90 Å². The maximum atomic E-state index is 11.7. The van der Waals surface area contributed by atoms with E-state index in [4.69, 9.17) is 2.74 Å². The molecule has 1 heterocycles. The van der Waals surface area contributed by atoms with Gasteiger partial charge in [0.1, 0.15) is 0 Å². The van der Waals surface area contributed by atoms with Crippen LogP contribution in [0, 0.1) is 24.8 Å². The van der Waals surface area contributed by atoms with Crippen molar-refractivity contribution in [1.82, 2.24) is 4.98 Å². The van der Waals surface area contributed by atoms with Gasteiger partial charge in [0.15, 0.2) is 5.78 Å². The molecule has 41 heavy (non-hydrogen) atoms. The molecule has 0 bridgehead atoms. The van der Waals surface area contributed by atoms with Gasteiger partial charge in [-0.25, -0.2) is 0 Å². The molecule has 0 aliphatic heterocycles. The second-order valence-electron chi connectivity index (χ2n) is 12.1. The van der Waals surface area contributed by atoms with Crippen LogP contribution >= 0.6 is 0 Å². The second kappa shape index (κ2) is 17.1. The van der Waals surface area contributed by atoms with Crippen molar-refractivity contribution in [2.45, 2.75) is 106 Å². The number of aliphatic hydroxyl groups is 1. The molecule has 5 heteroatoms. The SMILES string of the molecule is CCC(CC)C(=O)/C=C(\O)C(CC)CC.[2H]C([2H])(c1cc(-c2[c-]c3ccccc3c(C(C)C)c2)ncc1C)[Si](C)(C)C.[Ir]. The van der Waals surface area contributed by atoms with Crippen LogP contribution in [0.4, 0.5) is 0 Å². The second-order valence-corrected chi connectivity index (χ2v) is 16.8. The van der Waals surface area contributed by atoms with Crippen molar-refractivity contribution in [3.8, 4) is 11.3 Å². The van der Waals surface area contributed by atoms with E-state index >= 15 is 0 Å². The van der Waals surface area contributed by atoms with E-state index in [-0.39, 0.29) is 43.5 Å². The molecule has 0 saturated heterocycles. The number of aromatic nitrogens is 1. The molecular formula is C36H52IrNO2Si-. The molecule has 2 aromatic carbocycles. The van der Waals surface area contributed by atoms with E-state index in [0.29, 0.717) is 5.92 Å². The fourth-order valence-electron chi connectivity index (χ4n) is 4.86. The van der Waals surface area contributed by atoms with Gasteiger partial charge >= 0.3 is 0 Å². The molecule has 0 atom stereocenters. The summed E-state index contributed by atoms with van der Waals surface area (Å²) in [5.41, 5.74) is 4.68. The first kappa shape index (κ1) is 33.4. The molecular weight excluding hydrogens is 699 g/mol. The Bertz CT molecular complexity index is 1370. The summed E-state index contributed by atoms with van der Waals surface area (Å²) in [4.78, 5) is 16.3. The monoisotopic (exact) mass is 753 g/mol. The first-order valence-electron chi connectivity index (χ1n) is 16.0. The van der Waals surface area contributed by atoms with Gasteiger partial charge in [0.2, 0.25) is 0 Å². The largest absolute Gasteiger partial charge is 0.512 e. The fraction of sp³-hybridized carbons (Fsp3) is 0.500. The third kappa shape index (κ3) is 10.9. The van der Waals surface area contributed by atoms with Gasteiger partial charge in [0.05, 0.1) is 5.76 Å². The molecule has 0 amide bonds. The van der Waals surface area contributed by atoms with Crippen LogP contribution in [0.3, 0.4) is 0 Å². The summed E-state index contributed by atoms with van der Waals surface area (Å²) in [6.07, 6.45) is 6.71. The van der Waals surface area contributed by atoms with E-state index in [1.165, 1.54) is 17.0 Å². The number of nitrogens with zero attached hydrogens (tertiary/aromatic N) is 1. The molecule has 3 rings (SSSR count). The third-order valence-corrected chi connectivity index (χ3v) is 8.42. The number of fused-ring (bicyclic) bond motifs is 1. The quantitative estimate of drug-likeness (QED) is 0.0919. The number of rotatable bonds is 11. The molecule has 0 aliphatic rings. The zero-order valence-electron chi connectivity index (χ0n) is 28.8. The molecule has 3 nitrogen and oxygen atoms in total. The Kier molecular flexibility index (Phi) is 14.0. The Labute approximate surface area is 267 Å². The molecule has 3 aromatic rings. The maximum Gasteiger partial charge on any atom is 0.162 e. The Balaban J connectivity index is 0.000000497. The number of hydrogen-bond donors (Lipinski definition) is 1. The third-order valence-electron chi connectivity index (χ3n) is 7.40. The first-order chi connectivity index (χ1) is 19.6. The first-order valence-corrected chi connectivity index (χ1v) is 18.5. The number of aryl methyl sites for hydroxylation is 1. The molecule has 0 unspecified atom stereocenters. The van der Waals surface area contributed by atoms with E-state index < -0.39 is 14.1 Å². The Morgan fingerprint density at radius 1 is 1.02 bits per heavy atom. The van der Waals surface area contributed by atoms with Crippen LogP contribution in [0.15, 0.2) is 54.4 Å². The summed E-state index contributed by atoms with van der Waals surface area (Å²) >= 11 is 0. The number of allylic oxidation sites excluding steroid dienone is 2. The van der Waals surface area contributed by atoms with E-state index in [1.54, 1.807) is 6.20 Å². The smallest absolute Gasteiger partial charge is 0.162 e. The molecule has 0 spiro atoms. The van der Waals surface area contributed by atoms with Crippen molar-refractivity contribution in [2.75, 3.05) is 0 Å². The molecule has 1 radical (unpaired) electrons. The van der Waals surface area contributed by atoms with Gasteiger partial charge in [-0.3, -0.25) is 9.78 Å². The summed E-state index contributed by atoms with van der Waals surface area (Å²) in [5, 5.41) is 12.1. The molecule has 1 N–H and O–H groups in total. The summed E-state index contributed by atoms with van der Waals surface area (Å²) in [7, 11) is -2.06. The van der Waals surface area contributed by atoms with Crippen molar-refractivity contribution < 1.29 is 32.7 Å². The standard InChI is InChI=1S/C23H28NSi.C13H24O2.Ir/c1-16(2)22-12-19(11-18-9-7-8-10-21(18)22)23-13-20(15-25(4,5)6)17(3)14-24-23;1-5-10(6-2)12(14)9-13(15)11(7-3)8-4;/h7-10,12-14,16H,15H2,1-6H3;9-11,14H,5-8H2,1-4H3;/q-1;;/b;12-9-;/i15D2;;.